The second-order valence-electron chi connectivity index (χ2n) is 9.53. The second-order valence-corrected chi connectivity index (χ2v) is 9.53. The molecule has 0 radical (unpaired) electrons. The Morgan fingerprint density at radius 2 is 1.88 bits per heavy atom. The maximum atomic E-state index is 12.8. The van der Waals surface area contributed by atoms with Crippen molar-refractivity contribution in [3.63, 3.8) is 0 Å². The minimum atomic E-state index is -0.100. The first-order valence-corrected chi connectivity index (χ1v) is 12.6. The third kappa shape index (κ3) is 6.10. The maximum Gasteiger partial charge on any atom is 0.265 e. The molecular formula is C28H36N2O4. The van der Waals surface area contributed by atoms with E-state index in [1.54, 1.807) is 4.90 Å². The van der Waals surface area contributed by atoms with Crippen LogP contribution >= 0.6 is 0 Å². The van der Waals surface area contributed by atoms with Crippen LogP contribution in [0.5, 0.6) is 11.5 Å². The molecule has 2 aromatic rings. The first-order chi connectivity index (χ1) is 16.5. The Hall–Kier alpha value is -3.02. The van der Waals surface area contributed by atoms with Crippen LogP contribution in [0.4, 0.5) is 11.4 Å². The summed E-state index contributed by atoms with van der Waals surface area (Å²) in [5.41, 5.74) is 2.59. The van der Waals surface area contributed by atoms with Crippen LogP contribution in [0.15, 0.2) is 42.5 Å². The van der Waals surface area contributed by atoms with Crippen molar-refractivity contribution in [3.05, 3.63) is 48.0 Å². The number of ether oxygens (including phenoxy) is 2. The number of carbonyl (C=O) groups excluding carboxylic acids is 2. The molecule has 0 atom stereocenters. The van der Waals surface area contributed by atoms with Crippen LogP contribution in [0.25, 0.3) is 0 Å². The molecule has 1 aliphatic carbocycles. The predicted molar refractivity (Wildman–Crippen MR) is 135 cm³/mol. The van der Waals surface area contributed by atoms with Gasteiger partial charge >= 0.3 is 0 Å². The number of unbranched alkanes of at least 4 members (excludes halogenated alkanes) is 1. The molecule has 1 saturated carbocycles. The zero-order valence-corrected chi connectivity index (χ0v) is 20.3. The van der Waals surface area contributed by atoms with Gasteiger partial charge in [0.05, 0.1) is 12.2 Å². The highest BCUT2D eigenvalue weighted by molar-refractivity contribution is 5.99. The van der Waals surface area contributed by atoms with Crippen molar-refractivity contribution < 1.29 is 19.1 Å². The van der Waals surface area contributed by atoms with E-state index in [4.69, 9.17) is 9.47 Å². The fraction of sp³-hybridized carbons (Fsp3) is 0.500. The molecule has 6 heteroatoms. The summed E-state index contributed by atoms with van der Waals surface area (Å²) in [6.45, 7) is 5.05. The Balaban J connectivity index is 1.32. The van der Waals surface area contributed by atoms with Gasteiger partial charge in [0.1, 0.15) is 18.1 Å². The Kier molecular flexibility index (Phi) is 8.09. The third-order valence-corrected chi connectivity index (χ3v) is 6.96. The lowest BCUT2D eigenvalue weighted by Gasteiger charge is -2.30. The molecule has 2 aromatic carbocycles. The number of hydrogen-bond donors (Lipinski definition) is 1. The summed E-state index contributed by atoms with van der Waals surface area (Å²) in [6, 6.07) is 13.4. The minimum Gasteiger partial charge on any atom is -0.492 e. The zero-order chi connectivity index (χ0) is 23.9. The van der Waals surface area contributed by atoms with Gasteiger partial charge < -0.3 is 19.7 Å². The number of amides is 2. The standard InChI is InChI=1S/C28H36N2O4/c1-3-4-5-21-8-10-22(11-9-21)28(32)29-23-12-15-25-26(18-23)34-19-27(31)30(25)16-17-33-24-13-6-20(2)7-14-24/h6-7,12-15,18,21-22H,3-5,8-11,16-17,19H2,1-2H3,(H,29,32). The fourth-order valence-corrected chi connectivity index (χ4v) is 4.87. The molecule has 0 spiro atoms. The van der Waals surface area contributed by atoms with Crippen molar-refractivity contribution in [1.29, 1.82) is 0 Å². The van der Waals surface area contributed by atoms with Crippen LogP contribution in [0.1, 0.15) is 57.4 Å². The van der Waals surface area contributed by atoms with Gasteiger partial charge in [0.15, 0.2) is 6.61 Å². The highest BCUT2D eigenvalue weighted by Gasteiger charge is 2.28. The van der Waals surface area contributed by atoms with Gasteiger partial charge in [0.25, 0.3) is 5.91 Å². The molecule has 34 heavy (non-hydrogen) atoms. The topological polar surface area (TPSA) is 67.9 Å². The number of aryl methyl sites for hydroxylation is 1. The van der Waals surface area contributed by atoms with Gasteiger partial charge in [-0.2, -0.15) is 0 Å². The number of nitrogens with one attached hydrogen (secondary N) is 1. The highest BCUT2D eigenvalue weighted by atomic mass is 16.5. The van der Waals surface area contributed by atoms with Crippen LogP contribution < -0.4 is 19.7 Å². The SMILES string of the molecule is CCCCC1CCC(C(=O)Nc2ccc3c(c2)OCC(=O)N3CCOc2ccc(C)cc2)CC1. The van der Waals surface area contributed by atoms with Crippen molar-refractivity contribution in [1.82, 2.24) is 0 Å². The summed E-state index contributed by atoms with van der Waals surface area (Å²) in [6.07, 6.45) is 8.03. The Bertz CT molecular complexity index is 980. The van der Waals surface area contributed by atoms with E-state index in [1.165, 1.54) is 24.8 Å². The summed E-state index contributed by atoms with van der Waals surface area (Å²) in [4.78, 5) is 27.0. The normalized spacial score (nSPS) is 19.8. The molecule has 1 fully saturated rings. The molecule has 1 heterocycles. The highest BCUT2D eigenvalue weighted by Crippen LogP contribution is 2.36. The van der Waals surface area contributed by atoms with Gasteiger partial charge in [-0.3, -0.25) is 9.59 Å². The third-order valence-electron chi connectivity index (χ3n) is 6.96. The quantitative estimate of drug-likeness (QED) is 0.514. The minimum absolute atomic E-state index is 0.0172. The van der Waals surface area contributed by atoms with E-state index in [9.17, 15) is 9.59 Å². The fourth-order valence-electron chi connectivity index (χ4n) is 4.87. The van der Waals surface area contributed by atoms with Crippen molar-refractivity contribution in [2.75, 3.05) is 30.0 Å². The second kappa shape index (κ2) is 11.4. The first-order valence-electron chi connectivity index (χ1n) is 12.6. The summed E-state index contributed by atoms with van der Waals surface area (Å²) in [7, 11) is 0. The molecule has 6 nitrogen and oxygen atoms in total. The van der Waals surface area contributed by atoms with Gasteiger partial charge in [-0.25, -0.2) is 0 Å². The lowest BCUT2D eigenvalue weighted by Crippen LogP contribution is -2.41. The molecule has 1 N–H and O–H groups in total. The molecule has 0 bridgehead atoms. The van der Waals surface area contributed by atoms with E-state index < -0.39 is 0 Å². The average Bonchev–Trinajstić information content (AvgIpc) is 2.85. The molecular weight excluding hydrogens is 428 g/mol. The van der Waals surface area contributed by atoms with Crippen molar-refractivity contribution in [2.24, 2.45) is 11.8 Å². The van der Waals surface area contributed by atoms with Crippen LogP contribution in [0.3, 0.4) is 0 Å². The Morgan fingerprint density at radius 3 is 2.62 bits per heavy atom. The van der Waals surface area contributed by atoms with Crippen LogP contribution in [0.2, 0.25) is 0 Å². The van der Waals surface area contributed by atoms with E-state index in [0.717, 1.165) is 37.4 Å². The Morgan fingerprint density at radius 1 is 1.12 bits per heavy atom. The van der Waals surface area contributed by atoms with Gasteiger partial charge in [-0.05, 0) is 62.8 Å². The lowest BCUT2D eigenvalue weighted by atomic mass is 9.79. The summed E-state index contributed by atoms with van der Waals surface area (Å²) in [5.74, 6) is 2.23. The van der Waals surface area contributed by atoms with Crippen molar-refractivity contribution >= 4 is 23.2 Å². The molecule has 182 valence electrons. The summed E-state index contributed by atoms with van der Waals surface area (Å²) >= 11 is 0. The zero-order valence-electron chi connectivity index (χ0n) is 20.3. The average molecular weight is 465 g/mol. The molecule has 0 unspecified atom stereocenters. The van der Waals surface area contributed by atoms with Crippen molar-refractivity contribution in [2.45, 2.75) is 58.8 Å². The summed E-state index contributed by atoms with van der Waals surface area (Å²) < 4.78 is 11.5. The smallest absolute Gasteiger partial charge is 0.265 e. The number of anilines is 2. The maximum absolute atomic E-state index is 12.8. The van der Waals surface area contributed by atoms with Crippen LogP contribution in [-0.4, -0.2) is 31.6 Å². The molecule has 2 aliphatic rings. The van der Waals surface area contributed by atoms with E-state index in [-0.39, 0.29) is 24.3 Å². The van der Waals surface area contributed by atoms with Gasteiger partial charge in [0.2, 0.25) is 5.91 Å². The molecule has 0 aromatic heterocycles. The van der Waals surface area contributed by atoms with Crippen LogP contribution in [0, 0.1) is 18.8 Å². The van der Waals surface area contributed by atoms with E-state index in [1.807, 2.05) is 49.4 Å². The van der Waals surface area contributed by atoms with Gasteiger partial charge in [-0.15, -0.1) is 0 Å². The number of hydrogen-bond acceptors (Lipinski definition) is 4. The molecule has 1 aliphatic heterocycles. The molecule has 0 saturated heterocycles. The number of fused-ring (bicyclic) bond motifs is 1. The number of benzene rings is 2. The van der Waals surface area contributed by atoms with Gasteiger partial charge in [0, 0.05) is 17.7 Å². The van der Waals surface area contributed by atoms with Crippen LogP contribution in [-0.2, 0) is 9.59 Å². The Labute approximate surface area is 202 Å². The molecule has 2 amide bonds. The first kappa shape index (κ1) is 24.1. The number of nitrogens with zero attached hydrogens (tertiary/aromatic N) is 1. The predicted octanol–water partition coefficient (Wildman–Crippen LogP) is 5.73. The van der Waals surface area contributed by atoms with Gasteiger partial charge in [-0.1, -0.05) is 43.9 Å². The van der Waals surface area contributed by atoms with E-state index >= 15 is 0 Å². The number of carbonyl (C=O) groups is 2. The summed E-state index contributed by atoms with van der Waals surface area (Å²) in [5, 5.41) is 3.07. The van der Waals surface area contributed by atoms with Crippen molar-refractivity contribution in [3.8, 4) is 11.5 Å². The van der Waals surface area contributed by atoms with E-state index in [0.29, 0.717) is 30.3 Å². The molecule has 4 rings (SSSR count). The largest absolute Gasteiger partial charge is 0.492 e. The lowest BCUT2D eigenvalue weighted by molar-refractivity contribution is -0.122. The van der Waals surface area contributed by atoms with E-state index in [2.05, 4.69) is 12.2 Å². The monoisotopic (exact) mass is 464 g/mol. The number of rotatable bonds is 9.